The third-order valence-corrected chi connectivity index (χ3v) is 4.43. The van der Waals surface area contributed by atoms with Gasteiger partial charge in [0.25, 0.3) is 11.5 Å². The molecule has 0 unspecified atom stereocenters. The molecule has 0 spiro atoms. The van der Waals surface area contributed by atoms with E-state index in [2.05, 4.69) is 5.32 Å². The van der Waals surface area contributed by atoms with Gasteiger partial charge in [0.2, 0.25) is 0 Å². The number of aromatic nitrogens is 1. The summed E-state index contributed by atoms with van der Waals surface area (Å²) < 4.78 is 6.65. The predicted octanol–water partition coefficient (Wildman–Crippen LogP) is 3.52. The molecule has 5 nitrogen and oxygen atoms in total. The molecule has 0 aliphatic heterocycles. The van der Waals surface area contributed by atoms with Crippen LogP contribution in [0.1, 0.15) is 21.5 Å². The second-order valence-corrected chi connectivity index (χ2v) is 6.35. The first kappa shape index (κ1) is 17.9. The average molecular weight is 350 g/mol. The van der Waals surface area contributed by atoms with Crippen molar-refractivity contribution >= 4 is 22.4 Å². The van der Waals surface area contributed by atoms with Gasteiger partial charge in [-0.15, -0.1) is 0 Å². The Kier molecular flexibility index (Phi) is 5.19. The second-order valence-electron chi connectivity index (χ2n) is 6.35. The summed E-state index contributed by atoms with van der Waals surface area (Å²) in [5.74, 6) is -0.182. The molecule has 134 valence electrons. The van der Waals surface area contributed by atoms with Gasteiger partial charge in [-0.3, -0.25) is 9.59 Å². The fourth-order valence-corrected chi connectivity index (χ4v) is 3.05. The van der Waals surface area contributed by atoms with Gasteiger partial charge in [0.1, 0.15) is 0 Å². The number of carbonyl (C=O) groups is 1. The van der Waals surface area contributed by atoms with Gasteiger partial charge in [0, 0.05) is 41.9 Å². The van der Waals surface area contributed by atoms with E-state index in [9.17, 15) is 9.59 Å². The van der Waals surface area contributed by atoms with Crippen LogP contribution in [0.5, 0.6) is 0 Å². The van der Waals surface area contributed by atoms with Gasteiger partial charge < -0.3 is 14.6 Å². The molecule has 0 atom stereocenters. The zero-order chi connectivity index (χ0) is 18.7. The summed E-state index contributed by atoms with van der Waals surface area (Å²) in [7, 11) is 1.60. The second kappa shape index (κ2) is 7.54. The van der Waals surface area contributed by atoms with E-state index < -0.39 is 0 Å². The lowest BCUT2D eigenvalue weighted by Crippen LogP contribution is -2.22. The monoisotopic (exact) mass is 350 g/mol. The van der Waals surface area contributed by atoms with E-state index in [0.29, 0.717) is 29.8 Å². The summed E-state index contributed by atoms with van der Waals surface area (Å²) in [6.07, 6.45) is 1.73. The predicted molar refractivity (Wildman–Crippen MR) is 104 cm³/mol. The molecule has 3 rings (SSSR count). The van der Waals surface area contributed by atoms with Crippen molar-refractivity contribution in [2.24, 2.45) is 0 Å². The van der Waals surface area contributed by atoms with Gasteiger partial charge in [-0.1, -0.05) is 23.8 Å². The summed E-state index contributed by atoms with van der Waals surface area (Å²) in [4.78, 5) is 25.3. The Balaban J connectivity index is 1.96. The number of nitrogens with one attached hydrogen (secondary N) is 1. The van der Waals surface area contributed by atoms with Crippen LogP contribution in [-0.4, -0.2) is 24.2 Å². The first-order chi connectivity index (χ1) is 12.5. The average Bonchev–Trinajstić information content (AvgIpc) is 2.61. The van der Waals surface area contributed by atoms with Crippen LogP contribution in [0.4, 0.5) is 5.69 Å². The molecule has 0 bridgehead atoms. The minimum absolute atomic E-state index is 0.0952. The molecular weight excluding hydrogens is 328 g/mol. The highest BCUT2D eigenvalue weighted by Gasteiger charge is 2.12. The summed E-state index contributed by atoms with van der Waals surface area (Å²) in [6.45, 7) is 4.87. The quantitative estimate of drug-likeness (QED) is 0.766. The number of hydrogen-bond acceptors (Lipinski definition) is 3. The fourth-order valence-electron chi connectivity index (χ4n) is 3.05. The molecule has 1 amide bonds. The summed E-state index contributed by atoms with van der Waals surface area (Å²) in [5.41, 5.74) is 3.19. The van der Waals surface area contributed by atoms with Crippen LogP contribution in [-0.2, 0) is 11.3 Å². The molecule has 26 heavy (non-hydrogen) atoms. The molecule has 0 aliphatic carbocycles. The van der Waals surface area contributed by atoms with Gasteiger partial charge in [-0.2, -0.15) is 0 Å². The molecule has 0 saturated carbocycles. The number of anilines is 1. The van der Waals surface area contributed by atoms with E-state index in [4.69, 9.17) is 4.74 Å². The summed E-state index contributed by atoms with van der Waals surface area (Å²) in [5, 5.41) is 4.24. The van der Waals surface area contributed by atoms with Crippen LogP contribution in [0, 0.1) is 13.8 Å². The third-order valence-electron chi connectivity index (χ3n) is 4.43. The normalized spacial score (nSPS) is 10.9. The minimum Gasteiger partial charge on any atom is -0.383 e. The van der Waals surface area contributed by atoms with Gasteiger partial charge in [0.15, 0.2) is 0 Å². The Morgan fingerprint density at radius 2 is 1.92 bits per heavy atom. The van der Waals surface area contributed by atoms with E-state index in [-0.39, 0.29) is 11.5 Å². The molecule has 2 aromatic carbocycles. The number of rotatable bonds is 5. The highest BCUT2D eigenvalue weighted by molar-refractivity contribution is 6.09. The number of carbonyl (C=O) groups excluding carboxylic acids is 1. The maximum Gasteiger partial charge on any atom is 0.258 e. The standard InChI is InChI=1S/C21H22N2O3/c1-14-7-8-16(15(2)13-14)20(24)22-19-6-4-5-18-17(19)9-10-23(21(18)25)11-12-26-3/h4-10,13H,11-12H2,1-3H3,(H,22,24). The van der Waals surface area contributed by atoms with Gasteiger partial charge >= 0.3 is 0 Å². The summed E-state index contributed by atoms with van der Waals surface area (Å²) in [6, 6.07) is 12.9. The highest BCUT2D eigenvalue weighted by atomic mass is 16.5. The number of pyridine rings is 1. The Bertz CT molecular complexity index is 1020. The molecule has 1 aromatic heterocycles. The number of benzene rings is 2. The number of aryl methyl sites for hydroxylation is 2. The lowest BCUT2D eigenvalue weighted by atomic mass is 10.0. The fraction of sp³-hybridized carbons (Fsp3) is 0.238. The van der Waals surface area contributed by atoms with Crippen molar-refractivity contribution in [2.75, 3.05) is 19.0 Å². The molecule has 0 radical (unpaired) electrons. The van der Waals surface area contributed by atoms with Crippen LogP contribution in [0.25, 0.3) is 10.8 Å². The number of amides is 1. The SMILES string of the molecule is COCCn1ccc2c(NC(=O)c3ccc(C)cc3C)cccc2c1=O. The van der Waals surface area contributed by atoms with Gasteiger partial charge in [-0.25, -0.2) is 0 Å². The number of nitrogens with zero attached hydrogens (tertiary/aromatic N) is 1. The van der Waals surface area contributed by atoms with Crippen LogP contribution < -0.4 is 10.9 Å². The maximum absolute atomic E-state index is 12.7. The number of fused-ring (bicyclic) bond motifs is 1. The number of ether oxygens (including phenoxy) is 1. The lowest BCUT2D eigenvalue weighted by Gasteiger charge is -2.12. The largest absolute Gasteiger partial charge is 0.383 e. The first-order valence-electron chi connectivity index (χ1n) is 8.51. The Labute approximate surface area is 152 Å². The molecule has 0 aliphatic rings. The number of methoxy groups -OCH3 is 1. The van der Waals surface area contributed by atoms with Crippen molar-refractivity contribution in [2.45, 2.75) is 20.4 Å². The van der Waals surface area contributed by atoms with E-state index in [1.165, 1.54) is 0 Å². The minimum atomic E-state index is -0.182. The first-order valence-corrected chi connectivity index (χ1v) is 8.51. The Morgan fingerprint density at radius 1 is 1.12 bits per heavy atom. The molecule has 0 saturated heterocycles. The van der Waals surface area contributed by atoms with E-state index >= 15 is 0 Å². The van der Waals surface area contributed by atoms with Crippen molar-refractivity contribution in [1.29, 1.82) is 0 Å². The Morgan fingerprint density at radius 3 is 2.65 bits per heavy atom. The van der Waals surface area contributed by atoms with Crippen molar-refractivity contribution in [3.8, 4) is 0 Å². The van der Waals surface area contributed by atoms with Crippen LogP contribution in [0.15, 0.2) is 53.5 Å². The van der Waals surface area contributed by atoms with E-state index in [1.807, 2.05) is 44.2 Å². The molecule has 0 fully saturated rings. The molecular formula is C21H22N2O3. The van der Waals surface area contributed by atoms with Crippen molar-refractivity contribution in [3.63, 3.8) is 0 Å². The van der Waals surface area contributed by atoms with Crippen molar-refractivity contribution in [3.05, 3.63) is 75.7 Å². The zero-order valence-corrected chi connectivity index (χ0v) is 15.2. The topological polar surface area (TPSA) is 60.3 Å². The highest BCUT2D eigenvalue weighted by Crippen LogP contribution is 2.22. The molecule has 3 aromatic rings. The Hall–Kier alpha value is -2.92. The van der Waals surface area contributed by atoms with E-state index in [1.54, 1.807) is 30.0 Å². The summed E-state index contributed by atoms with van der Waals surface area (Å²) >= 11 is 0. The zero-order valence-electron chi connectivity index (χ0n) is 15.2. The number of hydrogen-bond donors (Lipinski definition) is 1. The van der Waals surface area contributed by atoms with Crippen LogP contribution in [0.3, 0.4) is 0 Å². The molecule has 5 heteroatoms. The van der Waals surface area contributed by atoms with Crippen molar-refractivity contribution < 1.29 is 9.53 Å². The maximum atomic E-state index is 12.7. The smallest absolute Gasteiger partial charge is 0.258 e. The van der Waals surface area contributed by atoms with Gasteiger partial charge in [0.05, 0.1) is 6.61 Å². The molecule has 1 heterocycles. The molecule has 1 N–H and O–H groups in total. The van der Waals surface area contributed by atoms with Crippen LogP contribution in [0.2, 0.25) is 0 Å². The van der Waals surface area contributed by atoms with Gasteiger partial charge in [-0.05, 0) is 43.7 Å². The third kappa shape index (κ3) is 3.53. The van der Waals surface area contributed by atoms with Crippen molar-refractivity contribution in [1.82, 2.24) is 4.57 Å². The van der Waals surface area contributed by atoms with E-state index in [0.717, 1.165) is 16.5 Å². The van der Waals surface area contributed by atoms with Crippen LogP contribution >= 0.6 is 0 Å². The lowest BCUT2D eigenvalue weighted by molar-refractivity contribution is 0.102.